The van der Waals surface area contributed by atoms with E-state index in [1.165, 1.54) is 5.69 Å². The number of imidazole rings is 1. The molecule has 1 fully saturated rings. The fourth-order valence-corrected chi connectivity index (χ4v) is 4.59. The largest absolute Gasteiger partial charge is 0.298 e. The third-order valence-electron chi connectivity index (χ3n) is 5.88. The van der Waals surface area contributed by atoms with Crippen molar-refractivity contribution in [2.24, 2.45) is 18.9 Å². The van der Waals surface area contributed by atoms with Gasteiger partial charge in [0.15, 0.2) is 0 Å². The monoisotopic (exact) mass is 323 g/mol. The van der Waals surface area contributed by atoms with Crippen molar-refractivity contribution in [3.05, 3.63) is 29.6 Å². The molecule has 3 atom stereocenters. The number of aromatic nitrogens is 4. The Morgan fingerprint density at radius 1 is 1.46 bits per heavy atom. The maximum absolute atomic E-state index is 12.2. The lowest BCUT2D eigenvalue weighted by Gasteiger charge is -2.45. The number of carbonyl (C=O) groups excluding carboxylic acids is 1. The first kappa shape index (κ1) is 15.1. The number of fused-ring (bicyclic) bond motifs is 3. The van der Waals surface area contributed by atoms with Crippen LogP contribution >= 0.6 is 0 Å². The molecule has 24 heavy (non-hydrogen) atoms. The van der Waals surface area contributed by atoms with E-state index in [0.717, 1.165) is 30.0 Å². The third-order valence-corrected chi connectivity index (χ3v) is 5.88. The molecule has 2 aromatic heterocycles. The smallest absolute Gasteiger partial charge is 0.150 e. The van der Waals surface area contributed by atoms with Crippen LogP contribution < -0.4 is 0 Å². The summed E-state index contributed by atoms with van der Waals surface area (Å²) in [6.45, 7) is 4.20. The average Bonchev–Trinajstić information content (AvgIpc) is 3.10. The quantitative estimate of drug-likeness (QED) is 0.806. The molecule has 0 bridgehead atoms. The number of hydrogen-bond donors (Lipinski definition) is 0. The van der Waals surface area contributed by atoms with Gasteiger partial charge < -0.3 is 0 Å². The topological polar surface area (TPSA) is 76.5 Å². The summed E-state index contributed by atoms with van der Waals surface area (Å²) in [5.41, 5.74) is 3.12. The summed E-state index contributed by atoms with van der Waals surface area (Å²) in [7, 11) is 1.91. The molecular weight excluding hydrogens is 302 g/mol. The SMILES string of the molecule is Cc1nc2c(n1-c1cnn(C)c1)CCC1CC(=O)C(C#N)CC21C. The van der Waals surface area contributed by atoms with E-state index in [1.807, 2.05) is 26.4 Å². The highest BCUT2D eigenvalue weighted by Crippen LogP contribution is 2.50. The van der Waals surface area contributed by atoms with E-state index in [0.29, 0.717) is 18.8 Å². The summed E-state index contributed by atoms with van der Waals surface area (Å²) in [5, 5.41) is 13.6. The molecule has 1 saturated carbocycles. The maximum Gasteiger partial charge on any atom is 0.150 e. The van der Waals surface area contributed by atoms with Gasteiger partial charge in [0.05, 0.1) is 23.6 Å². The van der Waals surface area contributed by atoms with Crippen LogP contribution in [0.3, 0.4) is 0 Å². The Labute approximate surface area is 141 Å². The summed E-state index contributed by atoms with van der Waals surface area (Å²) < 4.78 is 3.97. The van der Waals surface area contributed by atoms with E-state index >= 15 is 0 Å². The summed E-state index contributed by atoms with van der Waals surface area (Å²) >= 11 is 0. The van der Waals surface area contributed by atoms with Gasteiger partial charge in [-0.1, -0.05) is 6.92 Å². The second-order valence-electron chi connectivity index (χ2n) is 7.37. The number of nitriles is 1. The Balaban J connectivity index is 1.84. The molecule has 124 valence electrons. The Hall–Kier alpha value is -2.42. The van der Waals surface area contributed by atoms with E-state index < -0.39 is 5.92 Å². The Kier molecular flexibility index (Phi) is 3.17. The zero-order valence-electron chi connectivity index (χ0n) is 14.3. The first-order chi connectivity index (χ1) is 11.4. The van der Waals surface area contributed by atoms with Gasteiger partial charge in [0.25, 0.3) is 0 Å². The fraction of sp³-hybridized carbons (Fsp3) is 0.556. The summed E-state index contributed by atoms with van der Waals surface area (Å²) in [6, 6.07) is 2.20. The van der Waals surface area contributed by atoms with E-state index in [-0.39, 0.29) is 11.2 Å². The van der Waals surface area contributed by atoms with Gasteiger partial charge in [-0.2, -0.15) is 10.4 Å². The molecule has 2 aliphatic rings. The van der Waals surface area contributed by atoms with Crippen LogP contribution in [-0.4, -0.2) is 25.1 Å². The van der Waals surface area contributed by atoms with E-state index in [2.05, 4.69) is 22.7 Å². The van der Waals surface area contributed by atoms with Crippen LogP contribution in [0.4, 0.5) is 0 Å². The number of carbonyl (C=O) groups is 1. The third kappa shape index (κ3) is 1.97. The molecule has 2 aliphatic carbocycles. The van der Waals surface area contributed by atoms with Crippen molar-refractivity contribution in [2.45, 2.75) is 44.9 Å². The second kappa shape index (κ2) is 5.04. The van der Waals surface area contributed by atoms with E-state index in [9.17, 15) is 10.1 Å². The number of Topliss-reactive ketones (excluding diaryl/α,β-unsaturated/α-hetero) is 1. The van der Waals surface area contributed by atoms with Gasteiger partial charge in [0.2, 0.25) is 0 Å². The van der Waals surface area contributed by atoms with Gasteiger partial charge in [0.1, 0.15) is 17.5 Å². The Bertz CT molecular complexity index is 871. The molecule has 3 unspecified atom stereocenters. The van der Waals surface area contributed by atoms with Crippen LogP contribution in [0.25, 0.3) is 5.69 Å². The molecule has 0 aromatic carbocycles. The van der Waals surface area contributed by atoms with Crippen molar-refractivity contribution in [3.8, 4) is 11.8 Å². The van der Waals surface area contributed by atoms with Crippen molar-refractivity contribution in [1.82, 2.24) is 19.3 Å². The van der Waals surface area contributed by atoms with Crippen LogP contribution in [0.15, 0.2) is 12.4 Å². The summed E-state index contributed by atoms with van der Waals surface area (Å²) in [4.78, 5) is 17.1. The van der Waals surface area contributed by atoms with Crippen molar-refractivity contribution in [1.29, 1.82) is 5.26 Å². The molecule has 6 heteroatoms. The van der Waals surface area contributed by atoms with Gasteiger partial charge in [-0.05, 0) is 32.1 Å². The van der Waals surface area contributed by atoms with E-state index in [4.69, 9.17) is 4.98 Å². The van der Waals surface area contributed by atoms with Crippen LogP contribution in [0.5, 0.6) is 0 Å². The molecule has 0 N–H and O–H groups in total. The summed E-state index contributed by atoms with van der Waals surface area (Å²) in [6.07, 6.45) is 6.82. The van der Waals surface area contributed by atoms with Crippen LogP contribution in [-0.2, 0) is 23.7 Å². The Morgan fingerprint density at radius 3 is 2.92 bits per heavy atom. The van der Waals surface area contributed by atoms with Gasteiger partial charge in [0, 0.05) is 30.8 Å². The molecule has 6 nitrogen and oxygen atoms in total. The minimum atomic E-state index is -0.499. The summed E-state index contributed by atoms with van der Waals surface area (Å²) in [5.74, 6) is 0.840. The predicted molar refractivity (Wildman–Crippen MR) is 87.6 cm³/mol. The molecule has 0 amide bonds. The fourth-order valence-electron chi connectivity index (χ4n) is 4.59. The number of aryl methyl sites for hydroxylation is 2. The molecule has 2 aromatic rings. The standard InChI is InChI=1S/C18H21N5O/c1-11-21-17-15(23(11)14-9-20-22(3)10-14)5-4-13-6-16(24)12(8-19)7-18(13,17)2/h9-10,12-13H,4-7H2,1-3H3. The van der Waals surface area contributed by atoms with Crippen molar-refractivity contribution >= 4 is 5.78 Å². The van der Waals surface area contributed by atoms with Crippen LogP contribution in [0.2, 0.25) is 0 Å². The van der Waals surface area contributed by atoms with Gasteiger partial charge in [-0.15, -0.1) is 0 Å². The minimum absolute atomic E-state index is 0.104. The number of hydrogen-bond acceptors (Lipinski definition) is 4. The molecule has 0 aliphatic heterocycles. The normalized spacial score (nSPS) is 29.0. The lowest BCUT2D eigenvalue weighted by atomic mass is 9.58. The minimum Gasteiger partial charge on any atom is -0.298 e. The average molecular weight is 323 g/mol. The van der Waals surface area contributed by atoms with Crippen LogP contribution in [0.1, 0.15) is 43.4 Å². The van der Waals surface area contributed by atoms with Crippen LogP contribution in [0, 0.1) is 30.1 Å². The van der Waals surface area contributed by atoms with Gasteiger partial charge in [-0.25, -0.2) is 4.98 Å². The zero-order chi connectivity index (χ0) is 17.1. The zero-order valence-corrected chi connectivity index (χ0v) is 14.3. The Morgan fingerprint density at radius 2 is 2.25 bits per heavy atom. The number of nitrogens with zero attached hydrogens (tertiary/aromatic N) is 5. The predicted octanol–water partition coefficient (Wildman–Crippen LogP) is 2.24. The highest BCUT2D eigenvalue weighted by Gasteiger charge is 2.50. The first-order valence-electron chi connectivity index (χ1n) is 8.44. The molecule has 0 radical (unpaired) electrons. The highest BCUT2D eigenvalue weighted by molar-refractivity contribution is 5.85. The second-order valence-corrected chi connectivity index (χ2v) is 7.37. The molecule has 4 rings (SSSR count). The van der Waals surface area contributed by atoms with E-state index in [1.54, 1.807) is 4.68 Å². The number of ketones is 1. The first-order valence-corrected chi connectivity index (χ1v) is 8.44. The molecule has 2 heterocycles. The van der Waals surface area contributed by atoms with Gasteiger partial charge >= 0.3 is 0 Å². The molecular formula is C18H21N5O. The lowest BCUT2D eigenvalue weighted by molar-refractivity contribution is -0.126. The lowest BCUT2D eigenvalue weighted by Crippen LogP contribution is -2.45. The van der Waals surface area contributed by atoms with Crippen molar-refractivity contribution in [3.63, 3.8) is 0 Å². The molecule has 0 saturated heterocycles. The van der Waals surface area contributed by atoms with Crippen molar-refractivity contribution < 1.29 is 4.79 Å². The van der Waals surface area contributed by atoms with Gasteiger partial charge in [-0.3, -0.25) is 14.0 Å². The van der Waals surface area contributed by atoms with Crippen molar-refractivity contribution in [2.75, 3.05) is 0 Å². The molecule has 0 spiro atoms. The number of rotatable bonds is 1. The maximum atomic E-state index is 12.2. The highest BCUT2D eigenvalue weighted by atomic mass is 16.1.